The van der Waals surface area contributed by atoms with Crippen LogP contribution in [0.3, 0.4) is 0 Å². The molecule has 0 radical (unpaired) electrons. The van der Waals surface area contributed by atoms with Crippen molar-refractivity contribution in [3.8, 4) is 11.3 Å². The second-order valence-electron chi connectivity index (χ2n) is 4.23. The summed E-state index contributed by atoms with van der Waals surface area (Å²) in [7, 11) is 2.02. The number of aryl methyl sites for hydroxylation is 2. The highest BCUT2D eigenvalue weighted by Crippen LogP contribution is 2.23. The molecule has 0 amide bonds. The Morgan fingerprint density at radius 3 is 2.82 bits per heavy atom. The minimum Gasteiger partial charge on any atom is -0.335 e. The first-order valence-electron chi connectivity index (χ1n) is 5.59. The van der Waals surface area contributed by atoms with Crippen LogP contribution in [0, 0.1) is 6.92 Å². The van der Waals surface area contributed by atoms with Crippen LogP contribution in [0.15, 0.2) is 42.9 Å². The average Bonchev–Trinajstić information content (AvgIpc) is 2.66. The van der Waals surface area contributed by atoms with Gasteiger partial charge in [-0.3, -0.25) is 4.98 Å². The van der Waals surface area contributed by atoms with Gasteiger partial charge in [-0.1, -0.05) is 6.07 Å². The molecule has 84 valence electrons. The molecule has 0 saturated heterocycles. The van der Waals surface area contributed by atoms with Gasteiger partial charge in [0.15, 0.2) is 0 Å². The molecule has 0 bridgehead atoms. The van der Waals surface area contributed by atoms with Crippen molar-refractivity contribution in [2.24, 2.45) is 7.05 Å². The Hall–Kier alpha value is -2.16. The van der Waals surface area contributed by atoms with Gasteiger partial charge < -0.3 is 4.57 Å². The molecule has 3 aromatic heterocycles. The molecule has 3 rings (SSSR count). The first kappa shape index (κ1) is 10.0. The van der Waals surface area contributed by atoms with Gasteiger partial charge in [0.1, 0.15) is 5.65 Å². The van der Waals surface area contributed by atoms with E-state index in [2.05, 4.69) is 29.2 Å². The van der Waals surface area contributed by atoms with Gasteiger partial charge in [0.2, 0.25) is 0 Å². The molecule has 3 aromatic rings. The number of pyridine rings is 2. The van der Waals surface area contributed by atoms with Crippen LogP contribution >= 0.6 is 0 Å². The van der Waals surface area contributed by atoms with E-state index in [0.717, 1.165) is 16.9 Å². The zero-order valence-corrected chi connectivity index (χ0v) is 9.88. The molecule has 3 heterocycles. The van der Waals surface area contributed by atoms with E-state index in [4.69, 9.17) is 0 Å². The molecule has 0 aromatic carbocycles. The average molecular weight is 223 g/mol. The molecule has 0 saturated carbocycles. The molecular formula is C14H13N3. The van der Waals surface area contributed by atoms with Gasteiger partial charge in [-0.05, 0) is 30.7 Å². The Morgan fingerprint density at radius 2 is 2.06 bits per heavy atom. The number of rotatable bonds is 1. The Balaban J connectivity index is 2.24. The lowest BCUT2D eigenvalue weighted by Crippen LogP contribution is -1.89. The molecular weight excluding hydrogens is 210 g/mol. The smallest absolute Gasteiger partial charge is 0.139 e. The van der Waals surface area contributed by atoms with E-state index in [9.17, 15) is 0 Å². The predicted octanol–water partition coefficient (Wildman–Crippen LogP) is 2.94. The summed E-state index contributed by atoms with van der Waals surface area (Å²) in [6.07, 6.45) is 5.78. The van der Waals surface area contributed by atoms with Crippen molar-refractivity contribution < 1.29 is 0 Å². The quantitative estimate of drug-likeness (QED) is 0.635. The van der Waals surface area contributed by atoms with E-state index in [-0.39, 0.29) is 0 Å². The maximum atomic E-state index is 4.50. The van der Waals surface area contributed by atoms with E-state index in [1.165, 1.54) is 10.9 Å². The van der Waals surface area contributed by atoms with E-state index >= 15 is 0 Å². The van der Waals surface area contributed by atoms with Gasteiger partial charge in [0.05, 0.1) is 5.69 Å². The Kier molecular flexibility index (Phi) is 2.18. The number of nitrogens with zero attached hydrogens (tertiary/aromatic N) is 3. The van der Waals surface area contributed by atoms with Crippen LogP contribution < -0.4 is 0 Å². The highest BCUT2D eigenvalue weighted by atomic mass is 15.0. The molecule has 0 fully saturated rings. The first-order valence-corrected chi connectivity index (χ1v) is 5.59. The second-order valence-corrected chi connectivity index (χ2v) is 4.23. The second kappa shape index (κ2) is 3.70. The van der Waals surface area contributed by atoms with Crippen LogP contribution in [0.1, 0.15) is 5.56 Å². The lowest BCUT2D eigenvalue weighted by Gasteiger charge is -2.01. The highest BCUT2D eigenvalue weighted by molar-refractivity contribution is 5.84. The largest absolute Gasteiger partial charge is 0.335 e. The monoisotopic (exact) mass is 223 g/mol. The van der Waals surface area contributed by atoms with E-state index < -0.39 is 0 Å². The third kappa shape index (κ3) is 1.60. The molecule has 0 unspecified atom stereocenters. The zero-order valence-electron chi connectivity index (χ0n) is 9.88. The predicted molar refractivity (Wildman–Crippen MR) is 68.7 cm³/mol. The fourth-order valence-electron chi connectivity index (χ4n) is 2.12. The van der Waals surface area contributed by atoms with Crippen molar-refractivity contribution in [3.05, 3.63) is 48.4 Å². The molecule has 0 spiro atoms. The summed E-state index contributed by atoms with van der Waals surface area (Å²) in [6.45, 7) is 2.10. The lowest BCUT2D eigenvalue weighted by atomic mass is 10.1. The molecule has 0 aliphatic rings. The summed E-state index contributed by atoms with van der Waals surface area (Å²) in [5.41, 5.74) is 4.28. The van der Waals surface area contributed by atoms with Crippen LogP contribution in [0.2, 0.25) is 0 Å². The SMILES string of the molecule is Cc1cn(C)c2ncc(-c3ccccn3)cc12. The molecule has 17 heavy (non-hydrogen) atoms. The molecule has 0 aliphatic heterocycles. The molecule has 0 aliphatic carbocycles. The van der Waals surface area contributed by atoms with Gasteiger partial charge >= 0.3 is 0 Å². The van der Waals surface area contributed by atoms with E-state index in [1.807, 2.05) is 36.0 Å². The summed E-state index contributed by atoms with van der Waals surface area (Å²) >= 11 is 0. The summed E-state index contributed by atoms with van der Waals surface area (Å²) in [4.78, 5) is 8.85. The molecule has 0 N–H and O–H groups in total. The number of hydrogen-bond donors (Lipinski definition) is 0. The molecule has 3 heteroatoms. The normalized spacial score (nSPS) is 10.9. The fourth-order valence-corrected chi connectivity index (χ4v) is 2.12. The summed E-state index contributed by atoms with van der Waals surface area (Å²) in [5.74, 6) is 0. The van der Waals surface area contributed by atoms with Crippen LogP contribution in [0.25, 0.3) is 22.3 Å². The number of fused-ring (bicyclic) bond motifs is 1. The maximum Gasteiger partial charge on any atom is 0.139 e. The van der Waals surface area contributed by atoms with Crippen LogP contribution in [-0.4, -0.2) is 14.5 Å². The third-order valence-corrected chi connectivity index (χ3v) is 2.97. The third-order valence-electron chi connectivity index (χ3n) is 2.97. The van der Waals surface area contributed by atoms with Crippen molar-refractivity contribution in [1.29, 1.82) is 0 Å². The van der Waals surface area contributed by atoms with Crippen LogP contribution in [0.4, 0.5) is 0 Å². The zero-order chi connectivity index (χ0) is 11.8. The van der Waals surface area contributed by atoms with Crippen molar-refractivity contribution in [2.45, 2.75) is 6.92 Å². The van der Waals surface area contributed by atoms with E-state index in [0.29, 0.717) is 0 Å². The minimum atomic E-state index is 0.963. The first-order chi connectivity index (χ1) is 8.25. The molecule has 0 atom stereocenters. The summed E-state index contributed by atoms with van der Waals surface area (Å²) in [6, 6.07) is 8.06. The van der Waals surface area contributed by atoms with Crippen molar-refractivity contribution in [2.75, 3.05) is 0 Å². The highest BCUT2D eigenvalue weighted by Gasteiger charge is 2.06. The lowest BCUT2D eigenvalue weighted by molar-refractivity contribution is 0.944. The summed E-state index contributed by atoms with van der Waals surface area (Å²) in [5, 5.41) is 1.19. The number of aromatic nitrogens is 3. The van der Waals surface area contributed by atoms with Crippen LogP contribution in [0.5, 0.6) is 0 Å². The summed E-state index contributed by atoms with van der Waals surface area (Å²) < 4.78 is 2.05. The van der Waals surface area contributed by atoms with Crippen molar-refractivity contribution in [1.82, 2.24) is 14.5 Å². The van der Waals surface area contributed by atoms with Gasteiger partial charge in [0, 0.05) is 36.6 Å². The Morgan fingerprint density at radius 1 is 1.18 bits per heavy atom. The molecule has 3 nitrogen and oxygen atoms in total. The van der Waals surface area contributed by atoms with Gasteiger partial charge in [-0.15, -0.1) is 0 Å². The minimum absolute atomic E-state index is 0.963. The van der Waals surface area contributed by atoms with Gasteiger partial charge in [-0.2, -0.15) is 0 Å². The Bertz CT molecular complexity index is 669. The van der Waals surface area contributed by atoms with Crippen molar-refractivity contribution in [3.63, 3.8) is 0 Å². The van der Waals surface area contributed by atoms with Crippen molar-refractivity contribution >= 4 is 11.0 Å². The maximum absolute atomic E-state index is 4.50. The van der Waals surface area contributed by atoms with Crippen LogP contribution in [-0.2, 0) is 7.05 Å². The standard InChI is InChI=1S/C14H13N3/c1-10-9-17(2)14-12(10)7-11(8-16-14)13-5-3-4-6-15-13/h3-9H,1-2H3. The fraction of sp³-hybridized carbons (Fsp3) is 0.143. The topological polar surface area (TPSA) is 30.7 Å². The number of hydrogen-bond acceptors (Lipinski definition) is 2. The Labute approximate surface area is 99.8 Å². The van der Waals surface area contributed by atoms with E-state index in [1.54, 1.807) is 6.20 Å². The van der Waals surface area contributed by atoms with Gasteiger partial charge in [0.25, 0.3) is 0 Å². The van der Waals surface area contributed by atoms with Gasteiger partial charge in [-0.25, -0.2) is 4.98 Å².